The molecule has 1 heterocycles. The molecule has 2 fully saturated rings. The molecule has 1 saturated carbocycles. The third-order valence-electron chi connectivity index (χ3n) is 4.55. The van der Waals surface area contributed by atoms with Crippen LogP contribution < -0.4 is 10.6 Å². The summed E-state index contributed by atoms with van der Waals surface area (Å²) in [4.78, 5) is 12.1. The number of carbonyl (C=O) groups is 1. The lowest BCUT2D eigenvalue weighted by Crippen LogP contribution is -2.44. The highest BCUT2D eigenvalue weighted by molar-refractivity contribution is 5.79. The van der Waals surface area contributed by atoms with Gasteiger partial charge in [0, 0.05) is 12.5 Å². The number of piperidine rings is 1. The fraction of sp³-hybridized carbons (Fsp3) is 0.929. The maximum Gasteiger partial charge on any atom is 0.392 e. The molecule has 1 amide bonds. The van der Waals surface area contributed by atoms with Gasteiger partial charge in [-0.05, 0) is 44.7 Å². The minimum atomic E-state index is -4.25. The van der Waals surface area contributed by atoms with Crippen molar-refractivity contribution in [3.63, 3.8) is 0 Å². The zero-order valence-corrected chi connectivity index (χ0v) is 11.6. The number of hydrogen-bond donors (Lipinski definition) is 2. The van der Waals surface area contributed by atoms with Gasteiger partial charge in [-0.25, -0.2) is 0 Å². The van der Waals surface area contributed by atoms with E-state index in [1.165, 1.54) is 0 Å². The van der Waals surface area contributed by atoms with E-state index in [9.17, 15) is 18.0 Å². The zero-order chi connectivity index (χ0) is 14.6. The first-order valence-electron chi connectivity index (χ1n) is 7.53. The van der Waals surface area contributed by atoms with Crippen LogP contribution >= 0.6 is 0 Å². The predicted octanol–water partition coefficient (Wildman–Crippen LogP) is 2.47. The van der Waals surface area contributed by atoms with Crippen molar-refractivity contribution >= 4 is 5.91 Å². The molecule has 0 aromatic heterocycles. The van der Waals surface area contributed by atoms with Gasteiger partial charge in [0.1, 0.15) is 0 Å². The summed E-state index contributed by atoms with van der Waals surface area (Å²) in [5.74, 6) is -2.34. The monoisotopic (exact) mass is 292 g/mol. The first kappa shape index (κ1) is 15.6. The molecule has 1 saturated heterocycles. The average molecular weight is 292 g/mol. The van der Waals surface area contributed by atoms with Crippen LogP contribution in [-0.4, -0.2) is 31.7 Å². The smallest absolute Gasteiger partial charge is 0.356 e. The van der Waals surface area contributed by atoms with E-state index < -0.39 is 23.9 Å². The van der Waals surface area contributed by atoms with E-state index in [-0.39, 0.29) is 6.42 Å². The summed E-state index contributed by atoms with van der Waals surface area (Å²) in [6.45, 7) is 2.37. The molecule has 6 heteroatoms. The maximum absolute atomic E-state index is 13.0. The predicted molar refractivity (Wildman–Crippen MR) is 70.1 cm³/mol. The van der Waals surface area contributed by atoms with Gasteiger partial charge in [0.2, 0.25) is 5.91 Å². The fourth-order valence-corrected chi connectivity index (χ4v) is 3.30. The Balaban J connectivity index is 1.85. The van der Waals surface area contributed by atoms with Crippen LogP contribution in [0, 0.1) is 17.8 Å². The van der Waals surface area contributed by atoms with Gasteiger partial charge < -0.3 is 10.6 Å². The molecule has 3 nitrogen and oxygen atoms in total. The summed E-state index contributed by atoms with van der Waals surface area (Å²) in [5, 5.41) is 5.99. The van der Waals surface area contributed by atoms with Crippen molar-refractivity contribution < 1.29 is 18.0 Å². The fourth-order valence-electron chi connectivity index (χ4n) is 3.30. The Bertz CT molecular complexity index is 327. The molecule has 0 spiro atoms. The van der Waals surface area contributed by atoms with Crippen molar-refractivity contribution in [1.29, 1.82) is 0 Å². The molecule has 116 valence electrons. The van der Waals surface area contributed by atoms with Gasteiger partial charge in [0.15, 0.2) is 0 Å². The van der Waals surface area contributed by atoms with Gasteiger partial charge >= 0.3 is 6.18 Å². The number of nitrogens with one attached hydrogen (secondary N) is 2. The number of amides is 1. The number of halogens is 3. The second-order valence-corrected chi connectivity index (χ2v) is 5.98. The number of carbonyl (C=O) groups excluding carboxylic acids is 1. The van der Waals surface area contributed by atoms with Crippen LogP contribution in [0.3, 0.4) is 0 Å². The molecule has 2 rings (SSSR count). The summed E-state index contributed by atoms with van der Waals surface area (Å²) in [6, 6.07) is 0. The van der Waals surface area contributed by atoms with Gasteiger partial charge in [-0.15, -0.1) is 0 Å². The first-order valence-corrected chi connectivity index (χ1v) is 7.53. The van der Waals surface area contributed by atoms with Gasteiger partial charge in [-0.1, -0.05) is 12.8 Å². The lowest BCUT2D eigenvalue weighted by molar-refractivity contribution is -0.198. The lowest BCUT2D eigenvalue weighted by Gasteiger charge is -2.32. The zero-order valence-electron chi connectivity index (χ0n) is 11.6. The van der Waals surface area contributed by atoms with E-state index in [0.29, 0.717) is 25.3 Å². The molecular formula is C14H23F3N2O. The molecular weight excluding hydrogens is 269 g/mol. The molecule has 0 radical (unpaired) electrons. The molecule has 2 atom stereocenters. The highest BCUT2D eigenvalue weighted by Gasteiger charge is 2.47. The molecule has 2 N–H and O–H groups in total. The highest BCUT2D eigenvalue weighted by atomic mass is 19.4. The van der Waals surface area contributed by atoms with E-state index in [2.05, 4.69) is 10.6 Å². The van der Waals surface area contributed by atoms with Crippen molar-refractivity contribution in [3.8, 4) is 0 Å². The van der Waals surface area contributed by atoms with Gasteiger partial charge in [0.25, 0.3) is 0 Å². The minimum absolute atomic E-state index is 0.0922. The Kier molecular flexibility index (Phi) is 5.29. The summed E-state index contributed by atoms with van der Waals surface area (Å²) >= 11 is 0. The maximum atomic E-state index is 13.0. The molecule has 0 bridgehead atoms. The van der Waals surface area contributed by atoms with E-state index >= 15 is 0 Å². The summed E-state index contributed by atoms with van der Waals surface area (Å²) in [6.07, 6.45) is -0.546. The normalized spacial score (nSPS) is 29.1. The first-order chi connectivity index (χ1) is 9.48. The Labute approximate surface area is 117 Å². The second kappa shape index (κ2) is 6.78. The van der Waals surface area contributed by atoms with Crippen molar-refractivity contribution in [1.82, 2.24) is 10.6 Å². The van der Waals surface area contributed by atoms with Crippen molar-refractivity contribution in [2.75, 3.05) is 19.6 Å². The quantitative estimate of drug-likeness (QED) is 0.839. The number of rotatable bonds is 3. The van der Waals surface area contributed by atoms with Crippen LogP contribution in [0.5, 0.6) is 0 Å². The SMILES string of the molecule is O=C(NCC1CCNCC1)C1CCCCC1C(F)(F)F. The van der Waals surface area contributed by atoms with Crippen LogP contribution in [0.1, 0.15) is 38.5 Å². The molecule has 1 aliphatic carbocycles. The standard InChI is InChI=1S/C14H23F3N2O/c15-14(16,17)12-4-2-1-3-11(12)13(20)19-9-10-5-7-18-8-6-10/h10-12,18H,1-9H2,(H,19,20). The number of hydrogen-bond acceptors (Lipinski definition) is 2. The van der Waals surface area contributed by atoms with Gasteiger partial charge in [0.05, 0.1) is 5.92 Å². The third kappa shape index (κ3) is 4.11. The van der Waals surface area contributed by atoms with E-state index in [0.717, 1.165) is 32.4 Å². The molecule has 0 aromatic rings. The summed E-state index contributed by atoms with van der Waals surface area (Å²) < 4.78 is 38.9. The van der Waals surface area contributed by atoms with Crippen molar-refractivity contribution in [3.05, 3.63) is 0 Å². The van der Waals surface area contributed by atoms with Crippen LogP contribution in [-0.2, 0) is 4.79 Å². The Morgan fingerprint density at radius 2 is 1.75 bits per heavy atom. The van der Waals surface area contributed by atoms with Gasteiger partial charge in [-0.2, -0.15) is 13.2 Å². The number of alkyl halides is 3. The van der Waals surface area contributed by atoms with Crippen LogP contribution in [0.15, 0.2) is 0 Å². The molecule has 1 aliphatic heterocycles. The Morgan fingerprint density at radius 3 is 2.40 bits per heavy atom. The summed E-state index contributed by atoms with van der Waals surface area (Å²) in [7, 11) is 0. The topological polar surface area (TPSA) is 41.1 Å². The molecule has 0 aromatic carbocycles. The van der Waals surface area contributed by atoms with Crippen molar-refractivity contribution in [2.45, 2.75) is 44.7 Å². The second-order valence-electron chi connectivity index (χ2n) is 5.98. The Hall–Kier alpha value is -0.780. The largest absolute Gasteiger partial charge is 0.392 e. The van der Waals surface area contributed by atoms with E-state index in [4.69, 9.17) is 0 Å². The minimum Gasteiger partial charge on any atom is -0.356 e. The van der Waals surface area contributed by atoms with Crippen LogP contribution in [0.4, 0.5) is 13.2 Å². The highest BCUT2D eigenvalue weighted by Crippen LogP contribution is 2.41. The lowest BCUT2D eigenvalue weighted by atomic mass is 9.78. The summed E-state index contributed by atoms with van der Waals surface area (Å²) in [5.41, 5.74) is 0. The molecule has 2 aliphatic rings. The van der Waals surface area contributed by atoms with E-state index in [1.807, 2.05) is 0 Å². The molecule has 2 unspecified atom stereocenters. The van der Waals surface area contributed by atoms with E-state index in [1.54, 1.807) is 0 Å². The van der Waals surface area contributed by atoms with Crippen LogP contribution in [0.25, 0.3) is 0 Å². The van der Waals surface area contributed by atoms with Gasteiger partial charge in [-0.3, -0.25) is 4.79 Å². The van der Waals surface area contributed by atoms with Crippen LogP contribution in [0.2, 0.25) is 0 Å². The molecule has 20 heavy (non-hydrogen) atoms. The van der Waals surface area contributed by atoms with Crippen molar-refractivity contribution in [2.24, 2.45) is 17.8 Å². The third-order valence-corrected chi connectivity index (χ3v) is 4.55. The Morgan fingerprint density at radius 1 is 1.10 bits per heavy atom. The average Bonchev–Trinajstić information content (AvgIpc) is 2.45.